The maximum Gasteiger partial charge on any atom is 0.222 e. The standard InChI is InChI=1S/C17H26N2O2/c1-3-21-16-6-4-15(5-7-16)12-14(2)13-17(20)19-10-8-18-9-11-19/h4-7,14,18H,3,8-13H2,1-2H3. The maximum absolute atomic E-state index is 12.2. The molecule has 4 nitrogen and oxygen atoms in total. The fourth-order valence-electron chi connectivity index (χ4n) is 2.70. The average molecular weight is 290 g/mol. The van der Waals surface area contributed by atoms with Crippen molar-refractivity contribution in [1.82, 2.24) is 10.2 Å². The number of nitrogens with one attached hydrogen (secondary N) is 1. The number of piperazine rings is 1. The van der Waals surface area contributed by atoms with Crippen molar-refractivity contribution in [2.75, 3.05) is 32.8 Å². The average Bonchev–Trinajstić information content (AvgIpc) is 2.50. The van der Waals surface area contributed by atoms with Crippen LogP contribution >= 0.6 is 0 Å². The number of hydrogen-bond donors (Lipinski definition) is 1. The topological polar surface area (TPSA) is 41.6 Å². The number of rotatable bonds is 6. The highest BCUT2D eigenvalue weighted by molar-refractivity contribution is 5.76. The van der Waals surface area contributed by atoms with Crippen molar-refractivity contribution in [3.8, 4) is 5.75 Å². The summed E-state index contributed by atoms with van der Waals surface area (Å²) >= 11 is 0. The van der Waals surface area contributed by atoms with Crippen molar-refractivity contribution in [3.05, 3.63) is 29.8 Å². The van der Waals surface area contributed by atoms with E-state index in [9.17, 15) is 4.79 Å². The van der Waals surface area contributed by atoms with Gasteiger partial charge in [-0.05, 0) is 37.0 Å². The summed E-state index contributed by atoms with van der Waals surface area (Å²) in [6.45, 7) is 8.34. The van der Waals surface area contributed by atoms with Crippen LogP contribution in [0.2, 0.25) is 0 Å². The molecule has 1 fully saturated rings. The van der Waals surface area contributed by atoms with Gasteiger partial charge in [-0.1, -0.05) is 19.1 Å². The van der Waals surface area contributed by atoms with Gasteiger partial charge in [-0.2, -0.15) is 0 Å². The first kappa shape index (κ1) is 15.8. The molecule has 0 aromatic heterocycles. The van der Waals surface area contributed by atoms with Gasteiger partial charge in [0.1, 0.15) is 5.75 Å². The third-order valence-corrected chi connectivity index (χ3v) is 3.81. The van der Waals surface area contributed by atoms with Crippen LogP contribution in [0.3, 0.4) is 0 Å². The van der Waals surface area contributed by atoms with Crippen molar-refractivity contribution in [2.45, 2.75) is 26.7 Å². The smallest absolute Gasteiger partial charge is 0.222 e. The second kappa shape index (κ2) is 8.03. The Morgan fingerprint density at radius 2 is 1.95 bits per heavy atom. The number of ether oxygens (including phenoxy) is 1. The van der Waals surface area contributed by atoms with Crippen LogP contribution in [0.5, 0.6) is 5.75 Å². The number of amides is 1. The fraction of sp³-hybridized carbons (Fsp3) is 0.588. The molecule has 4 heteroatoms. The molecule has 1 aliphatic rings. The summed E-state index contributed by atoms with van der Waals surface area (Å²) in [5.74, 6) is 1.56. The normalized spacial score (nSPS) is 16.6. The van der Waals surface area contributed by atoms with Gasteiger partial charge in [-0.3, -0.25) is 4.79 Å². The second-order valence-corrected chi connectivity index (χ2v) is 5.72. The van der Waals surface area contributed by atoms with E-state index in [0.717, 1.165) is 38.3 Å². The van der Waals surface area contributed by atoms with E-state index in [1.807, 2.05) is 24.0 Å². The van der Waals surface area contributed by atoms with E-state index in [1.165, 1.54) is 5.56 Å². The van der Waals surface area contributed by atoms with Crippen LogP contribution in [0.4, 0.5) is 0 Å². The molecule has 1 aromatic carbocycles. The van der Waals surface area contributed by atoms with Gasteiger partial charge < -0.3 is 15.0 Å². The molecule has 1 heterocycles. The molecule has 0 aliphatic carbocycles. The van der Waals surface area contributed by atoms with Gasteiger partial charge >= 0.3 is 0 Å². The van der Waals surface area contributed by atoms with Gasteiger partial charge in [0.2, 0.25) is 5.91 Å². The fourth-order valence-corrected chi connectivity index (χ4v) is 2.70. The summed E-state index contributed by atoms with van der Waals surface area (Å²) in [7, 11) is 0. The van der Waals surface area contributed by atoms with Crippen molar-refractivity contribution >= 4 is 5.91 Å². The molecule has 1 aliphatic heterocycles. The molecule has 1 atom stereocenters. The van der Waals surface area contributed by atoms with Crippen molar-refractivity contribution in [3.63, 3.8) is 0 Å². The lowest BCUT2D eigenvalue weighted by Crippen LogP contribution is -2.46. The quantitative estimate of drug-likeness (QED) is 0.872. The zero-order valence-corrected chi connectivity index (χ0v) is 13.1. The van der Waals surface area contributed by atoms with Gasteiger partial charge in [0.05, 0.1) is 6.61 Å². The van der Waals surface area contributed by atoms with Crippen molar-refractivity contribution < 1.29 is 9.53 Å². The largest absolute Gasteiger partial charge is 0.494 e. The summed E-state index contributed by atoms with van der Waals surface area (Å²) in [5, 5.41) is 3.27. The molecule has 1 saturated heterocycles. The van der Waals surface area contributed by atoms with Crippen LogP contribution in [0, 0.1) is 5.92 Å². The SMILES string of the molecule is CCOc1ccc(CC(C)CC(=O)N2CCNCC2)cc1. The highest BCUT2D eigenvalue weighted by atomic mass is 16.5. The second-order valence-electron chi connectivity index (χ2n) is 5.72. The Bertz CT molecular complexity index is 439. The van der Waals surface area contributed by atoms with Gasteiger partial charge in [-0.25, -0.2) is 0 Å². The third kappa shape index (κ3) is 5.05. The number of hydrogen-bond acceptors (Lipinski definition) is 3. The monoisotopic (exact) mass is 290 g/mol. The first-order valence-electron chi connectivity index (χ1n) is 7.89. The molecule has 0 radical (unpaired) electrons. The van der Waals surface area contributed by atoms with Crippen LogP contribution < -0.4 is 10.1 Å². The molecule has 0 spiro atoms. The lowest BCUT2D eigenvalue weighted by atomic mass is 9.97. The first-order chi connectivity index (χ1) is 10.2. The van der Waals surface area contributed by atoms with Crippen LogP contribution in [0.15, 0.2) is 24.3 Å². The highest BCUT2D eigenvalue weighted by Gasteiger charge is 2.18. The Hall–Kier alpha value is -1.55. The minimum absolute atomic E-state index is 0.287. The first-order valence-corrected chi connectivity index (χ1v) is 7.89. The van der Waals surface area contributed by atoms with E-state index in [1.54, 1.807) is 0 Å². The van der Waals surface area contributed by atoms with Gasteiger partial charge in [0, 0.05) is 32.6 Å². The number of nitrogens with zero attached hydrogens (tertiary/aromatic N) is 1. The zero-order valence-electron chi connectivity index (χ0n) is 13.1. The lowest BCUT2D eigenvalue weighted by molar-refractivity contribution is -0.132. The molecule has 0 bridgehead atoms. The minimum atomic E-state index is 0.287. The molecule has 21 heavy (non-hydrogen) atoms. The molecule has 1 amide bonds. The molecule has 1 unspecified atom stereocenters. The molecule has 116 valence electrons. The van der Waals surface area contributed by atoms with E-state index in [2.05, 4.69) is 24.4 Å². The lowest BCUT2D eigenvalue weighted by Gasteiger charge is -2.28. The number of carbonyl (C=O) groups excluding carboxylic acids is 1. The Labute approximate surface area is 127 Å². The summed E-state index contributed by atoms with van der Waals surface area (Å²) in [5.41, 5.74) is 1.26. The molecular formula is C17H26N2O2. The molecule has 1 aromatic rings. The summed E-state index contributed by atoms with van der Waals surface area (Å²) in [6, 6.07) is 8.20. The Kier molecular flexibility index (Phi) is 6.05. The van der Waals surface area contributed by atoms with Gasteiger partial charge in [0.25, 0.3) is 0 Å². The Morgan fingerprint density at radius 3 is 2.57 bits per heavy atom. The van der Waals surface area contributed by atoms with Gasteiger partial charge in [0.15, 0.2) is 0 Å². The van der Waals surface area contributed by atoms with E-state index in [0.29, 0.717) is 18.9 Å². The number of benzene rings is 1. The van der Waals surface area contributed by atoms with Gasteiger partial charge in [-0.15, -0.1) is 0 Å². The number of carbonyl (C=O) groups is 1. The third-order valence-electron chi connectivity index (χ3n) is 3.81. The van der Waals surface area contributed by atoms with Crippen LogP contribution in [0.25, 0.3) is 0 Å². The van der Waals surface area contributed by atoms with Crippen LogP contribution in [0.1, 0.15) is 25.8 Å². The molecular weight excluding hydrogens is 264 g/mol. The summed E-state index contributed by atoms with van der Waals surface area (Å²) in [6.07, 6.45) is 1.57. The molecule has 1 N–H and O–H groups in total. The Morgan fingerprint density at radius 1 is 1.29 bits per heavy atom. The Balaban J connectivity index is 1.80. The molecule has 2 rings (SSSR count). The predicted molar refractivity (Wildman–Crippen MR) is 84.5 cm³/mol. The van der Waals surface area contributed by atoms with E-state index < -0.39 is 0 Å². The van der Waals surface area contributed by atoms with Crippen LogP contribution in [-0.2, 0) is 11.2 Å². The zero-order chi connectivity index (χ0) is 15.1. The summed E-state index contributed by atoms with van der Waals surface area (Å²) in [4.78, 5) is 14.2. The van der Waals surface area contributed by atoms with E-state index >= 15 is 0 Å². The highest BCUT2D eigenvalue weighted by Crippen LogP contribution is 2.17. The predicted octanol–water partition coefficient (Wildman–Crippen LogP) is 2.09. The van der Waals surface area contributed by atoms with Crippen molar-refractivity contribution in [1.29, 1.82) is 0 Å². The summed E-state index contributed by atoms with van der Waals surface area (Å²) < 4.78 is 5.44. The van der Waals surface area contributed by atoms with Crippen molar-refractivity contribution in [2.24, 2.45) is 5.92 Å². The van der Waals surface area contributed by atoms with E-state index in [4.69, 9.17) is 4.74 Å². The van der Waals surface area contributed by atoms with E-state index in [-0.39, 0.29) is 5.91 Å². The molecule has 0 saturated carbocycles. The minimum Gasteiger partial charge on any atom is -0.494 e. The van der Waals surface area contributed by atoms with Crippen LogP contribution in [-0.4, -0.2) is 43.6 Å². The maximum atomic E-state index is 12.2.